The van der Waals surface area contributed by atoms with Crippen LogP contribution in [-0.4, -0.2) is 21.1 Å². The molecule has 2 aromatic heterocycles. The summed E-state index contributed by atoms with van der Waals surface area (Å²) in [7, 11) is 0. The summed E-state index contributed by atoms with van der Waals surface area (Å²) in [6.45, 7) is 0. The molecular weight excluding hydrogens is 609 g/mol. The van der Waals surface area contributed by atoms with E-state index in [4.69, 9.17) is 10.8 Å². The van der Waals surface area contributed by atoms with Crippen LogP contribution in [0.15, 0.2) is 176 Å². The van der Waals surface area contributed by atoms with Gasteiger partial charge in [0.15, 0.2) is 0 Å². The van der Waals surface area contributed by atoms with Gasteiger partial charge in [0.25, 0.3) is 0 Å². The van der Waals surface area contributed by atoms with Gasteiger partial charge in [0, 0.05) is 44.6 Å². The minimum atomic E-state index is 0.368. The van der Waals surface area contributed by atoms with E-state index >= 15 is 0 Å². The number of nitrogens with one attached hydrogen (secondary N) is 2. The van der Waals surface area contributed by atoms with Crippen LogP contribution in [0.2, 0.25) is 0 Å². The van der Waals surface area contributed by atoms with Crippen LogP contribution in [0.25, 0.3) is 77.2 Å². The summed E-state index contributed by atoms with van der Waals surface area (Å²) >= 11 is 0. The van der Waals surface area contributed by atoms with Crippen molar-refractivity contribution in [2.45, 2.75) is 0 Å². The van der Waals surface area contributed by atoms with Gasteiger partial charge in [-0.05, 0) is 89.5 Å². The van der Waals surface area contributed by atoms with E-state index in [-0.39, 0.29) is 0 Å². The Morgan fingerprint density at radius 3 is 1.64 bits per heavy atom. The molecule has 50 heavy (non-hydrogen) atoms. The molecule has 0 aliphatic heterocycles. The summed E-state index contributed by atoms with van der Waals surface area (Å²) in [5.74, 6) is 0. The second kappa shape index (κ2) is 12.0. The van der Waals surface area contributed by atoms with Crippen LogP contribution in [0, 0.1) is 10.8 Å². The lowest BCUT2D eigenvalue weighted by Crippen LogP contribution is -2.01. The molecule has 0 amide bonds. The lowest BCUT2D eigenvalue weighted by atomic mass is 9.98. The third-order valence-corrected chi connectivity index (χ3v) is 9.69. The van der Waals surface area contributed by atoms with Crippen LogP contribution in [0.4, 0.5) is 0 Å². The van der Waals surface area contributed by atoms with Crippen molar-refractivity contribution in [2.75, 3.05) is 0 Å². The van der Waals surface area contributed by atoms with Crippen molar-refractivity contribution in [1.82, 2.24) is 9.13 Å². The fourth-order valence-electron chi connectivity index (χ4n) is 7.41. The minimum Gasteiger partial charge on any atom is -0.309 e. The molecule has 4 nitrogen and oxygen atoms in total. The van der Waals surface area contributed by atoms with Gasteiger partial charge < -0.3 is 20.0 Å². The normalized spacial score (nSPS) is 11.7. The number of hydrogen-bond donors (Lipinski definition) is 2. The van der Waals surface area contributed by atoms with Crippen molar-refractivity contribution in [3.05, 3.63) is 182 Å². The van der Waals surface area contributed by atoms with Crippen LogP contribution >= 0.6 is 0 Å². The van der Waals surface area contributed by atoms with E-state index in [1.54, 1.807) is 12.2 Å². The zero-order valence-corrected chi connectivity index (χ0v) is 27.2. The topological polar surface area (TPSA) is 57.6 Å². The molecule has 0 saturated heterocycles. The highest BCUT2D eigenvalue weighted by atomic mass is 15.0. The molecule has 0 aliphatic carbocycles. The molecular formula is C46H32N4. The molecule has 7 aromatic carbocycles. The van der Waals surface area contributed by atoms with Gasteiger partial charge >= 0.3 is 0 Å². The van der Waals surface area contributed by atoms with E-state index in [1.165, 1.54) is 49.9 Å². The highest BCUT2D eigenvalue weighted by Crippen LogP contribution is 2.40. The first-order chi connectivity index (χ1) is 24.7. The van der Waals surface area contributed by atoms with Crippen LogP contribution in [0.3, 0.4) is 0 Å². The summed E-state index contributed by atoms with van der Waals surface area (Å²) in [6.07, 6.45) is 4.45. The van der Waals surface area contributed by atoms with Crippen molar-refractivity contribution < 1.29 is 0 Å². The van der Waals surface area contributed by atoms with E-state index in [0.29, 0.717) is 5.71 Å². The quantitative estimate of drug-likeness (QED) is 0.163. The monoisotopic (exact) mass is 640 g/mol. The number of para-hydroxylation sites is 3. The Balaban J connectivity index is 1.24. The lowest BCUT2D eigenvalue weighted by Gasteiger charge is -2.16. The van der Waals surface area contributed by atoms with E-state index in [0.717, 1.165) is 39.1 Å². The summed E-state index contributed by atoms with van der Waals surface area (Å²) in [5.41, 5.74) is 12.5. The summed E-state index contributed by atoms with van der Waals surface area (Å²) in [4.78, 5) is 0. The predicted molar refractivity (Wildman–Crippen MR) is 211 cm³/mol. The molecule has 0 fully saturated rings. The molecule has 0 saturated carbocycles. The lowest BCUT2D eigenvalue weighted by molar-refractivity contribution is 1.18. The van der Waals surface area contributed by atoms with Crippen molar-refractivity contribution in [3.63, 3.8) is 0 Å². The van der Waals surface area contributed by atoms with Gasteiger partial charge in [0.05, 0.1) is 33.5 Å². The Morgan fingerprint density at radius 2 is 1.00 bits per heavy atom. The first-order valence-corrected chi connectivity index (χ1v) is 16.8. The molecule has 0 aliphatic rings. The van der Waals surface area contributed by atoms with Gasteiger partial charge in [0.1, 0.15) is 0 Å². The smallest absolute Gasteiger partial charge is 0.0612 e. The van der Waals surface area contributed by atoms with Gasteiger partial charge in [-0.15, -0.1) is 0 Å². The second-order valence-corrected chi connectivity index (χ2v) is 12.5. The molecule has 0 unspecified atom stereocenters. The fraction of sp³-hybridized carbons (Fsp3) is 0. The first-order valence-electron chi connectivity index (χ1n) is 16.8. The predicted octanol–water partition coefficient (Wildman–Crippen LogP) is 11.8. The standard InChI is InChI=1S/C46H32N4/c47-27-11-18-41(48)34-23-26-44(38(30-34)31-12-3-1-4-13-31)50-43-20-10-8-17-37(43)40-29-33(22-25-46(40)50)32-21-24-45-39(28-32)36-16-7-9-19-42(36)49(45)35-14-5-2-6-15-35/h1-30,47-48H/b18-11-,47-27?,48-41?. The molecule has 4 heteroatoms. The fourth-order valence-corrected chi connectivity index (χ4v) is 7.41. The van der Waals surface area contributed by atoms with E-state index in [2.05, 4.69) is 161 Å². The second-order valence-electron chi connectivity index (χ2n) is 12.5. The molecule has 0 bridgehead atoms. The SMILES string of the molecule is N=C/C=C\C(=N)c1ccc(-n2c3ccccc3c3cc(-c4ccc5c(c4)c4ccccc4n5-c4ccccc4)ccc32)c(-c2ccccc2)c1. The third-order valence-electron chi connectivity index (χ3n) is 9.69. The molecule has 9 rings (SSSR count). The molecule has 0 radical (unpaired) electrons. The molecule has 2 N–H and O–H groups in total. The largest absolute Gasteiger partial charge is 0.309 e. The minimum absolute atomic E-state index is 0.368. The van der Waals surface area contributed by atoms with Crippen molar-refractivity contribution in [3.8, 4) is 33.6 Å². The van der Waals surface area contributed by atoms with E-state index < -0.39 is 0 Å². The number of nitrogens with zero attached hydrogens (tertiary/aromatic N) is 2. The maximum Gasteiger partial charge on any atom is 0.0612 e. The van der Waals surface area contributed by atoms with Crippen LogP contribution < -0.4 is 0 Å². The van der Waals surface area contributed by atoms with Gasteiger partial charge in [-0.1, -0.05) is 103 Å². The summed E-state index contributed by atoms with van der Waals surface area (Å²) < 4.78 is 4.71. The average Bonchev–Trinajstić information content (AvgIpc) is 3.69. The summed E-state index contributed by atoms with van der Waals surface area (Å²) in [6, 6.07) is 58.1. The molecule has 236 valence electrons. The Hall–Kier alpha value is -6.78. The molecule has 0 spiro atoms. The highest BCUT2D eigenvalue weighted by Gasteiger charge is 2.18. The maximum absolute atomic E-state index is 8.65. The first kappa shape index (κ1) is 29.4. The zero-order valence-electron chi connectivity index (χ0n) is 27.2. The third kappa shape index (κ3) is 4.77. The number of allylic oxidation sites excluding steroid dienone is 2. The number of hydrogen-bond acceptors (Lipinski definition) is 2. The van der Waals surface area contributed by atoms with Gasteiger partial charge in [-0.2, -0.15) is 0 Å². The van der Waals surface area contributed by atoms with Crippen molar-refractivity contribution >= 4 is 55.5 Å². The van der Waals surface area contributed by atoms with Crippen LogP contribution in [0.5, 0.6) is 0 Å². The van der Waals surface area contributed by atoms with Crippen molar-refractivity contribution in [2.24, 2.45) is 0 Å². The number of rotatable bonds is 7. The molecule has 2 heterocycles. The van der Waals surface area contributed by atoms with Gasteiger partial charge in [-0.3, -0.25) is 0 Å². The van der Waals surface area contributed by atoms with Gasteiger partial charge in [0.2, 0.25) is 0 Å². The molecule has 0 atom stereocenters. The van der Waals surface area contributed by atoms with Gasteiger partial charge in [-0.25, -0.2) is 0 Å². The average molecular weight is 641 g/mol. The Morgan fingerprint density at radius 1 is 0.460 bits per heavy atom. The number of aromatic nitrogens is 2. The Bertz CT molecular complexity index is 2780. The Labute approximate surface area is 289 Å². The zero-order chi connectivity index (χ0) is 33.6. The Kier molecular flexibility index (Phi) is 7.07. The summed E-state index contributed by atoms with van der Waals surface area (Å²) in [5, 5.41) is 20.9. The van der Waals surface area contributed by atoms with Crippen LogP contribution in [-0.2, 0) is 0 Å². The van der Waals surface area contributed by atoms with E-state index in [1.807, 2.05) is 12.1 Å². The molecule has 9 aromatic rings. The maximum atomic E-state index is 8.65. The van der Waals surface area contributed by atoms with E-state index in [9.17, 15) is 0 Å². The van der Waals surface area contributed by atoms with Crippen LogP contribution in [0.1, 0.15) is 5.56 Å². The highest BCUT2D eigenvalue weighted by molar-refractivity contribution is 6.13. The number of benzene rings is 7. The number of fused-ring (bicyclic) bond motifs is 6. The van der Waals surface area contributed by atoms with Crippen molar-refractivity contribution in [1.29, 1.82) is 10.8 Å².